The van der Waals surface area contributed by atoms with Crippen molar-refractivity contribution in [2.75, 3.05) is 11.9 Å². The summed E-state index contributed by atoms with van der Waals surface area (Å²) in [5.41, 5.74) is 1.11. The number of benzene rings is 1. The van der Waals surface area contributed by atoms with Crippen LogP contribution in [0.3, 0.4) is 0 Å². The maximum Gasteiger partial charge on any atom is 0.335 e. The molecular weight excluding hydrogens is 194 g/mol. The molecule has 4 nitrogen and oxygen atoms in total. The number of aromatic carboxylic acids is 1. The highest BCUT2D eigenvalue weighted by Crippen LogP contribution is 2.45. The number of carboxylic acid groups (broad SMARTS) is 1. The maximum absolute atomic E-state index is 10.8. The van der Waals surface area contributed by atoms with E-state index in [0.29, 0.717) is 5.75 Å². The van der Waals surface area contributed by atoms with E-state index in [0.717, 1.165) is 25.1 Å². The van der Waals surface area contributed by atoms with E-state index in [4.69, 9.17) is 9.84 Å². The van der Waals surface area contributed by atoms with Crippen molar-refractivity contribution in [1.29, 1.82) is 0 Å². The number of rotatable bonds is 1. The molecule has 2 N–H and O–H groups in total. The second kappa shape index (κ2) is 2.66. The first-order chi connectivity index (χ1) is 7.19. The average Bonchev–Trinajstić information content (AvgIpc) is 2.96. The molecule has 0 aromatic heterocycles. The molecule has 78 valence electrons. The molecule has 0 radical (unpaired) electrons. The minimum atomic E-state index is -0.920. The molecule has 1 aromatic rings. The summed E-state index contributed by atoms with van der Waals surface area (Å²) in [5.74, 6) is -0.254. The van der Waals surface area contributed by atoms with Gasteiger partial charge in [0.25, 0.3) is 0 Å². The number of carbonyl (C=O) groups is 1. The van der Waals surface area contributed by atoms with Crippen LogP contribution in [0.15, 0.2) is 18.2 Å². The third-order valence-electron chi connectivity index (χ3n) is 2.96. The second-order valence-corrected chi connectivity index (χ2v) is 4.15. The van der Waals surface area contributed by atoms with Crippen LogP contribution in [0.5, 0.6) is 5.75 Å². The Morgan fingerprint density at radius 2 is 2.27 bits per heavy atom. The van der Waals surface area contributed by atoms with Gasteiger partial charge in [0, 0.05) is 0 Å². The first kappa shape index (κ1) is 8.59. The monoisotopic (exact) mass is 205 g/mol. The summed E-state index contributed by atoms with van der Waals surface area (Å²) in [6.45, 7) is 0.826. The van der Waals surface area contributed by atoms with Crippen LogP contribution in [0.1, 0.15) is 23.2 Å². The zero-order valence-electron chi connectivity index (χ0n) is 8.12. The van der Waals surface area contributed by atoms with Gasteiger partial charge in [0.2, 0.25) is 0 Å². The number of hydrogen-bond donors (Lipinski definition) is 2. The highest BCUT2D eigenvalue weighted by atomic mass is 16.5. The van der Waals surface area contributed by atoms with Gasteiger partial charge in [0.1, 0.15) is 11.4 Å². The lowest BCUT2D eigenvalue weighted by atomic mass is 10.1. The Bertz CT molecular complexity index is 437. The summed E-state index contributed by atoms with van der Waals surface area (Å²) in [4.78, 5) is 10.8. The van der Waals surface area contributed by atoms with Crippen LogP contribution >= 0.6 is 0 Å². The molecule has 1 saturated carbocycles. The predicted molar refractivity (Wildman–Crippen MR) is 54.5 cm³/mol. The van der Waals surface area contributed by atoms with Crippen molar-refractivity contribution >= 4 is 11.7 Å². The highest BCUT2D eigenvalue weighted by Gasteiger charge is 2.47. The first-order valence-electron chi connectivity index (χ1n) is 4.99. The molecule has 1 spiro atoms. The van der Waals surface area contributed by atoms with E-state index in [1.807, 2.05) is 0 Å². The highest BCUT2D eigenvalue weighted by molar-refractivity contribution is 5.89. The molecular formula is C11H11NO3. The molecule has 4 heteroatoms. The van der Waals surface area contributed by atoms with Gasteiger partial charge in [-0.1, -0.05) is 0 Å². The number of fused-ring (bicyclic) bond motifs is 1. The maximum atomic E-state index is 10.8. The Morgan fingerprint density at radius 1 is 1.47 bits per heavy atom. The van der Waals surface area contributed by atoms with Crippen molar-refractivity contribution in [1.82, 2.24) is 0 Å². The largest absolute Gasteiger partial charge is 0.483 e. The number of ether oxygens (including phenoxy) is 1. The van der Waals surface area contributed by atoms with Crippen LogP contribution < -0.4 is 10.1 Å². The van der Waals surface area contributed by atoms with E-state index >= 15 is 0 Å². The van der Waals surface area contributed by atoms with Crippen LogP contribution in [-0.2, 0) is 0 Å². The lowest BCUT2D eigenvalue weighted by Crippen LogP contribution is -2.32. The quantitative estimate of drug-likeness (QED) is 0.732. The average molecular weight is 205 g/mol. The number of carboxylic acids is 1. The minimum Gasteiger partial charge on any atom is -0.483 e. The van der Waals surface area contributed by atoms with E-state index in [-0.39, 0.29) is 11.2 Å². The number of anilines is 1. The number of hydrogen-bond acceptors (Lipinski definition) is 3. The van der Waals surface area contributed by atoms with Crippen LogP contribution in [0.4, 0.5) is 5.69 Å². The smallest absolute Gasteiger partial charge is 0.335 e. The summed E-state index contributed by atoms with van der Waals surface area (Å²) >= 11 is 0. The third-order valence-corrected chi connectivity index (χ3v) is 2.96. The fourth-order valence-corrected chi connectivity index (χ4v) is 1.83. The minimum absolute atomic E-state index is 0.0515. The second-order valence-electron chi connectivity index (χ2n) is 4.15. The van der Waals surface area contributed by atoms with Crippen molar-refractivity contribution in [3.63, 3.8) is 0 Å². The van der Waals surface area contributed by atoms with Gasteiger partial charge in [0.05, 0.1) is 17.8 Å². The van der Waals surface area contributed by atoms with Crippen molar-refractivity contribution in [2.45, 2.75) is 18.4 Å². The number of nitrogens with one attached hydrogen (secondary N) is 1. The first-order valence-corrected chi connectivity index (χ1v) is 4.99. The van der Waals surface area contributed by atoms with E-state index in [9.17, 15) is 4.79 Å². The van der Waals surface area contributed by atoms with Gasteiger partial charge in [-0.25, -0.2) is 4.79 Å². The topological polar surface area (TPSA) is 58.6 Å². The SMILES string of the molecule is O=C(O)c1ccc2c(c1)OC1(CC1)CN2. The van der Waals surface area contributed by atoms with Gasteiger partial charge >= 0.3 is 5.97 Å². The summed E-state index contributed by atoms with van der Waals surface area (Å²) < 4.78 is 5.80. The van der Waals surface area contributed by atoms with Crippen molar-refractivity contribution < 1.29 is 14.6 Å². The normalized spacial score (nSPS) is 20.0. The van der Waals surface area contributed by atoms with Gasteiger partial charge in [-0.05, 0) is 31.0 Å². The summed E-state index contributed by atoms with van der Waals surface area (Å²) in [5, 5.41) is 12.1. The Labute approximate surface area is 86.9 Å². The lowest BCUT2D eigenvalue weighted by molar-refractivity contribution is 0.0695. The molecule has 15 heavy (non-hydrogen) atoms. The third kappa shape index (κ3) is 1.33. The lowest BCUT2D eigenvalue weighted by Gasteiger charge is -2.27. The van der Waals surface area contributed by atoms with Crippen LogP contribution in [0, 0.1) is 0 Å². The van der Waals surface area contributed by atoms with E-state index in [1.54, 1.807) is 18.2 Å². The molecule has 1 aromatic carbocycles. The summed E-state index contributed by atoms with van der Waals surface area (Å²) in [7, 11) is 0. The summed E-state index contributed by atoms with van der Waals surface area (Å²) in [6.07, 6.45) is 2.10. The van der Waals surface area contributed by atoms with Crippen molar-refractivity contribution in [2.24, 2.45) is 0 Å². The van der Waals surface area contributed by atoms with Crippen molar-refractivity contribution in [3.05, 3.63) is 23.8 Å². The van der Waals surface area contributed by atoms with Gasteiger partial charge in [-0.2, -0.15) is 0 Å². The van der Waals surface area contributed by atoms with E-state index < -0.39 is 5.97 Å². The molecule has 0 saturated heterocycles. The molecule has 1 heterocycles. The van der Waals surface area contributed by atoms with Gasteiger partial charge in [-0.3, -0.25) is 0 Å². The molecule has 0 unspecified atom stereocenters. The van der Waals surface area contributed by atoms with Crippen LogP contribution in [0.2, 0.25) is 0 Å². The standard InChI is InChI=1S/C11H11NO3/c13-10(14)7-1-2-8-9(5-7)15-11(3-4-11)6-12-8/h1-2,5,12H,3-4,6H2,(H,13,14). The van der Waals surface area contributed by atoms with Gasteiger partial charge in [0.15, 0.2) is 0 Å². The predicted octanol–water partition coefficient (Wildman–Crippen LogP) is 1.72. The molecule has 0 bridgehead atoms. The van der Waals surface area contributed by atoms with Crippen LogP contribution in [-0.4, -0.2) is 23.2 Å². The van der Waals surface area contributed by atoms with E-state index in [2.05, 4.69) is 5.32 Å². The zero-order valence-corrected chi connectivity index (χ0v) is 8.12. The molecule has 0 amide bonds. The zero-order chi connectivity index (χ0) is 10.5. The molecule has 1 aliphatic carbocycles. The van der Waals surface area contributed by atoms with Gasteiger partial charge < -0.3 is 15.2 Å². The Kier molecular flexibility index (Phi) is 1.52. The molecule has 1 aliphatic heterocycles. The molecule has 1 fully saturated rings. The summed E-state index contributed by atoms with van der Waals surface area (Å²) in [6, 6.07) is 4.93. The van der Waals surface area contributed by atoms with Crippen molar-refractivity contribution in [3.8, 4) is 5.75 Å². The molecule has 2 aliphatic rings. The van der Waals surface area contributed by atoms with Gasteiger partial charge in [-0.15, -0.1) is 0 Å². The molecule has 0 atom stereocenters. The fraction of sp³-hybridized carbons (Fsp3) is 0.364. The fourth-order valence-electron chi connectivity index (χ4n) is 1.83. The Balaban J connectivity index is 1.99. The Hall–Kier alpha value is -1.71. The van der Waals surface area contributed by atoms with Crippen LogP contribution in [0.25, 0.3) is 0 Å². The van der Waals surface area contributed by atoms with E-state index in [1.165, 1.54) is 0 Å². The Morgan fingerprint density at radius 3 is 2.93 bits per heavy atom. The molecule has 3 rings (SSSR count).